The summed E-state index contributed by atoms with van der Waals surface area (Å²) in [6, 6.07) is 0. The van der Waals surface area contributed by atoms with Crippen LogP contribution in [0.15, 0.2) is 0 Å². The van der Waals surface area contributed by atoms with Gasteiger partial charge in [0, 0.05) is 11.3 Å². The fraction of sp³-hybridized carbons (Fsp3) is 0.938. The number of carbonyl (C=O) groups excluding carboxylic acids is 1. The van der Waals surface area contributed by atoms with Crippen molar-refractivity contribution in [3.8, 4) is 0 Å². The first-order chi connectivity index (χ1) is 8.78. The molecule has 0 aromatic heterocycles. The van der Waals surface area contributed by atoms with Crippen LogP contribution in [0.2, 0.25) is 0 Å². The van der Waals surface area contributed by atoms with Gasteiger partial charge in [0.2, 0.25) is 0 Å². The third-order valence-corrected chi connectivity index (χ3v) is 5.04. The van der Waals surface area contributed by atoms with Crippen LogP contribution in [0, 0.1) is 11.3 Å². The van der Waals surface area contributed by atoms with Crippen molar-refractivity contribution >= 4 is 5.78 Å². The summed E-state index contributed by atoms with van der Waals surface area (Å²) in [6.07, 6.45) is 12.0. The van der Waals surface area contributed by atoms with Crippen molar-refractivity contribution in [3.63, 3.8) is 0 Å². The Bertz CT molecular complexity index is 255. The van der Waals surface area contributed by atoms with Crippen molar-refractivity contribution in [2.75, 3.05) is 13.1 Å². The van der Waals surface area contributed by atoms with Gasteiger partial charge in [-0.25, -0.2) is 0 Å². The van der Waals surface area contributed by atoms with Crippen LogP contribution >= 0.6 is 0 Å². The van der Waals surface area contributed by atoms with Crippen LogP contribution in [-0.2, 0) is 4.79 Å². The Morgan fingerprint density at radius 1 is 1.11 bits per heavy atom. The zero-order valence-electron chi connectivity index (χ0n) is 12.0. The molecule has 0 aromatic carbocycles. The van der Waals surface area contributed by atoms with E-state index in [1.165, 1.54) is 25.7 Å². The van der Waals surface area contributed by atoms with Gasteiger partial charge in [0.15, 0.2) is 0 Å². The van der Waals surface area contributed by atoms with Crippen molar-refractivity contribution in [1.29, 1.82) is 0 Å². The van der Waals surface area contributed by atoms with E-state index in [-0.39, 0.29) is 5.41 Å². The monoisotopic (exact) mass is 251 g/mol. The molecular formula is C16H29NO. The molecule has 1 aliphatic heterocycles. The molecule has 0 atom stereocenters. The number of ketones is 1. The molecule has 2 rings (SSSR count). The van der Waals surface area contributed by atoms with Crippen molar-refractivity contribution < 1.29 is 4.79 Å². The van der Waals surface area contributed by atoms with Crippen molar-refractivity contribution in [3.05, 3.63) is 0 Å². The minimum atomic E-state index is 0.0367. The van der Waals surface area contributed by atoms with Crippen molar-refractivity contribution in [1.82, 2.24) is 5.32 Å². The molecule has 0 aromatic rings. The van der Waals surface area contributed by atoms with Gasteiger partial charge in [-0.1, -0.05) is 39.0 Å². The van der Waals surface area contributed by atoms with Gasteiger partial charge < -0.3 is 5.32 Å². The van der Waals surface area contributed by atoms with Gasteiger partial charge in [0.1, 0.15) is 5.78 Å². The number of piperidine rings is 1. The van der Waals surface area contributed by atoms with Gasteiger partial charge in [0.25, 0.3) is 0 Å². The molecule has 2 heteroatoms. The molecule has 104 valence electrons. The lowest BCUT2D eigenvalue weighted by molar-refractivity contribution is -0.135. The Kier molecular flexibility index (Phi) is 5.23. The van der Waals surface area contributed by atoms with Crippen LogP contribution in [0.25, 0.3) is 0 Å². The van der Waals surface area contributed by atoms with E-state index < -0.39 is 0 Å². The molecule has 2 fully saturated rings. The summed E-state index contributed by atoms with van der Waals surface area (Å²) in [5.41, 5.74) is 0.0367. The van der Waals surface area contributed by atoms with E-state index in [1.54, 1.807) is 0 Å². The summed E-state index contributed by atoms with van der Waals surface area (Å²) >= 11 is 0. The van der Waals surface area contributed by atoms with Crippen LogP contribution in [0.1, 0.15) is 71.1 Å². The third-order valence-electron chi connectivity index (χ3n) is 5.04. The second-order valence-electron chi connectivity index (χ2n) is 6.33. The first kappa shape index (κ1) is 14.0. The molecular weight excluding hydrogens is 222 g/mol. The standard InChI is InChI=1S/C16H29NO/c1-2-9-16(10-12-17-13-11-16)15(18)14-7-5-3-4-6-8-14/h14,17H,2-13H2,1H3. The molecule has 1 aliphatic carbocycles. The first-order valence-electron chi connectivity index (χ1n) is 8.03. The van der Waals surface area contributed by atoms with Gasteiger partial charge in [0.05, 0.1) is 0 Å². The fourth-order valence-electron chi connectivity index (χ4n) is 3.98. The van der Waals surface area contributed by atoms with E-state index in [0.717, 1.165) is 51.6 Å². The topological polar surface area (TPSA) is 29.1 Å². The maximum absolute atomic E-state index is 13.0. The molecule has 0 radical (unpaired) electrons. The van der Waals surface area contributed by atoms with E-state index in [9.17, 15) is 4.79 Å². The highest BCUT2D eigenvalue weighted by Gasteiger charge is 2.41. The lowest BCUT2D eigenvalue weighted by atomic mass is 9.67. The average Bonchev–Trinajstić information content (AvgIpc) is 2.68. The van der Waals surface area contributed by atoms with Gasteiger partial charge in [-0.15, -0.1) is 0 Å². The Balaban J connectivity index is 2.06. The molecule has 2 nitrogen and oxygen atoms in total. The van der Waals surface area contributed by atoms with Gasteiger partial charge in [-0.2, -0.15) is 0 Å². The van der Waals surface area contributed by atoms with Crippen molar-refractivity contribution in [2.45, 2.75) is 71.1 Å². The zero-order valence-corrected chi connectivity index (χ0v) is 12.0. The van der Waals surface area contributed by atoms with E-state index in [2.05, 4.69) is 12.2 Å². The van der Waals surface area contributed by atoms with Crippen LogP contribution in [-0.4, -0.2) is 18.9 Å². The average molecular weight is 251 g/mol. The van der Waals surface area contributed by atoms with Crippen LogP contribution in [0.4, 0.5) is 0 Å². The van der Waals surface area contributed by atoms with Crippen LogP contribution in [0.5, 0.6) is 0 Å². The molecule has 18 heavy (non-hydrogen) atoms. The van der Waals surface area contributed by atoms with E-state index >= 15 is 0 Å². The minimum Gasteiger partial charge on any atom is -0.317 e. The number of hydrogen-bond acceptors (Lipinski definition) is 2. The number of rotatable bonds is 4. The van der Waals surface area contributed by atoms with Crippen molar-refractivity contribution in [2.24, 2.45) is 11.3 Å². The van der Waals surface area contributed by atoms with Crippen LogP contribution in [0.3, 0.4) is 0 Å². The predicted octanol–water partition coefficient (Wildman–Crippen LogP) is 3.70. The maximum atomic E-state index is 13.0. The molecule has 0 spiro atoms. The van der Waals surface area contributed by atoms with Gasteiger partial charge in [-0.05, 0) is 45.2 Å². The fourth-order valence-corrected chi connectivity index (χ4v) is 3.98. The number of carbonyl (C=O) groups is 1. The summed E-state index contributed by atoms with van der Waals surface area (Å²) in [5.74, 6) is 1.02. The minimum absolute atomic E-state index is 0.0367. The molecule has 2 aliphatic rings. The number of Topliss-reactive ketones (excluding diaryl/α,β-unsaturated/α-hetero) is 1. The SMILES string of the molecule is CCCC1(C(=O)C2CCCCCC2)CCNCC1. The zero-order chi connectivity index (χ0) is 12.8. The van der Waals surface area contributed by atoms with Crippen LogP contribution < -0.4 is 5.32 Å². The smallest absolute Gasteiger partial charge is 0.142 e. The lowest BCUT2D eigenvalue weighted by Gasteiger charge is -2.38. The Morgan fingerprint density at radius 2 is 1.72 bits per heavy atom. The molecule has 0 amide bonds. The quantitative estimate of drug-likeness (QED) is 0.772. The number of nitrogens with one attached hydrogen (secondary N) is 1. The Labute approximate surface area is 112 Å². The Hall–Kier alpha value is -0.370. The highest BCUT2D eigenvalue weighted by atomic mass is 16.1. The normalized spacial score (nSPS) is 25.6. The lowest BCUT2D eigenvalue weighted by Crippen LogP contribution is -2.44. The van der Waals surface area contributed by atoms with E-state index in [4.69, 9.17) is 0 Å². The second kappa shape index (κ2) is 6.70. The highest BCUT2D eigenvalue weighted by molar-refractivity contribution is 5.87. The summed E-state index contributed by atoms with van der Waals surface area (Å²) in [6.45, 7) is 4.31. The second-order valence-corrected chi connectivity index (χ2v) is 6.33. The van der Waals surface area contributed by atoms with E-state index in [0.29, 0.717) is 11.7 Å². The Morgan fingerprint density at radius 3 is 2.28 bits per heavy atom. The predicted molar refractivity (Wildman–Crippen MR) is 75.6 cm³/mol. The maximum Gasteiger partial charge on any atom is 0.142 e. The molecule has 1 saturated carbocycles. The highest BCUT2D eigenvalue weighted by Crippen LogP contribution is 2.40. The molecule has 1 saturated heterocycles. The summed E-state index contributed by atoms with van der Waals surface area (Å²) in [7, 11) is 0. The molecule has 0 bridgehead atoms. The molecule has 0 unspecified atom stereocenters. The first-order valence-corrected chi connectivity index (χ1v) is 8.03. The largest absolute Gasteiger partial charge is 0.317 e. The van der Waals surface area contributed by atoms with Gasteiger partial charge >= 0.3 is 0 Å². The molecule has 1 N–H and O–H groups in total. The summed E-state index contributed by atoms with van der Waals surface area (Å²) < 4.78 is 0. The summed E-state index contributed by atoms with van der Waals surface area (Å²) in [5, 5.41) is 3.42. The van der Waals surface area contributed by atoms with E-state index in [1.807, 2.05) is 0 Å². The molecule has 1 heterocycles. The number of hydrogen-bond donors (Lipinski definition) is 1. The summed E-state index contributed by atoms with van der Waals surface area (Å²) in [4.78, 5) is 13.0. The third kappa shape index (κ3) is 3.14. The van der Waals surface area contributed by atoms with Gasteiger partial charge in [-0.3, -0.25) is 4.79 Å².